The molecule has 4 aromatic rings. The summed E-state index contributed by atoms with van der Waals surface area (Å²) in [4.78, 5) is 24.2. The fraction of sp³-hybridized carbons (Fsp3) is 0.115. The molecule has 0 unspecified atom stereocenters. The predicted molar refractivity (Wildman–Crippen MR) is 126 cm³/mol. The summed E-state index contributed by atoms with van der Waals surface area (Å²) in [5, 5.41) is 11.4. The molecule has 0 radical (unpaired) electrons. The van der Waals surface area contributed by atoms with E-state index in [1.54, 1.807) is 30.5 Å². The molecule has 0 atom stereocenters. The summed E-state index contributed by atoms with van der Waals surface area (Å²) in [6.45, 7) is 1.95. The summed E-state index contributed by atoms with van der Waals surface area (Å²) >= 11 is 0. The van der Waals surface area contributed by atoms with Crippen molar-refractivity contribution in [2.24, 2.45) is 5.10 Å². The van der Waals surface area contributed by atoms with Crippen LogP contribution in [0.25, 0.3) is 21.5 Å². The Morgan fingerprint density at radius 1 is 0.871 bits per heavy atom. The molecule has 5 nitrogen and oxygen atoms in total. The number of rotatable bonds is 6. The van der Waals surface area contributed by atoms with Crippen molar-refractivity contribution in [3.8, 4) is 0 Å². The molecule has 0 aliphatic carbocycles. The van der Waals surface area contributed by atoms with E-state index in [1.807, 2.05) is 31.2 Å². The van der Waals surface area contributed by atoms with Gasteiger partial charge in [-0.1, -0.05) is 55.5 Å². The van der Waals surface area contributed by atoms with Gasteiger partial charge in [0.25, 0.3) is 5.91 Å². The van der Waals surface area contributed by atoms with E-state index in [1.165, 1.54) is 0 Å². The van der Waals surface area contributed by atoms with Gasteiger partial charge in [-0.2, -0.15) is 5.10 Å². The van der Waals surface area contributed by atoms with E-state index in [-0.39, 0.29) is 11.8 Å². The Morgan fingerprint density at radius 2 is 1.48 bits per heavy atom. The molecule has 0 heterocycles. The first kappa shape index (κ1) is 20.3. The van der Waals surface area contributed by atoms with E-state index in [2.05, 4.69) is 46.2 Å². The fourth-order valence-corrected chi connectivity index (χ4v) is 3.56. The first-order chi connectivity index (χ1) is 15.2. The van der Waals surface area contributed by atoms with E-state index in [0.29, 0.717) is 17.7 Å². The van der Waals surface area contributed by atoms with Crippen LogP contribution in [0.1, 0.15) is 35.7 Å². The first-order valence-electron chi connectivity index (χ1n) is 10.3. The van der Waals surface area contributed by atoms with Gasteiger partial charge in [-0.15, -0.1) is 0 Å². The average Bonchev–Trinajstić information content (AvgIpc) is 2.79. The van der Waals surface area contributed by atoms with Gasteiger partial charge in [0.2, 0.25) is 5.91 Å². The zero-order valence-electron chi connectivity index (χ0n) is 17.3. The zero-order valence-corrected chi connectivity index (χ0v) is 17.3. The van der Waals surface area contributed by atoms with Crippen molar-refractivity contribution in [1.29, 1.82) is 0 Å². The lowest BCUT2D eigenvalue weighted by Gasteiger charge is -2.08. The normalized spacial score (nSPS) is 11.1. The average molecular weight is 409 g/mol. The summed E-state index contributed by atoms with van der Waals surface area (Å²) in [5.74, 6) is -0.348. The number of amides is 2. The molecule has 0 aromatic heterocycles. The SMILES string of the molecule is CCCC(=O)Nc1ccc(C(=O)NN=Cc2c3ccccc3cc3ccccc23)cc1. The number of carbonyl (C=O) groups excluding carboxylic acids is 2. The number of nitrogens with one attached hydrogen (secondary N) is 2. The third-order valence-electron chi connectivity index (χ3n) is 5.08. The largest absolute Gasteiger partial charge is 0.326 e. The van der Waals surface area contributed by atoms with Crippen LogP contribution < -0.4 is 10.7 Å². The van der Waals surface area contributed by atoms with Gasteiger partial charge in [-0.25, -0.2) is 5.43 Å². The van der Waals surface area contributed by atoms with E-state index in [4.69, 9.17) is 0 Å². The molecule has 0 fully saturated rings. The number of hydrogen-bond acceptors (Lipinski definition) is 3. The monoisotopic (exact) mass is 409 g/mol. The lowest BCUT2D eigenvalue weighted by Crippen LogP contribution is -2.17. The fourth-order valence-electron chi connectivity index (χ4n) is 3.56. The molecule has 2 N–H and O–H groups in total. The molecule has 0 spiro atoms. The Labute approximate surface area is 180 Å². The van der Waals surface area contributed by atoms with Crippen LogP contribution in [0, 0.1) is 0 Å². The van der Waals surface area contributed by atoms with Crippen molar-refractivity contribution in [1.82, 2.24) is 5.43 Å². The maximum absolute atomic E-state index is 12.5. The molecule has 0 saturated heterocycles. The quantitative estimate of drug-likeness (QED) is 0.251. The van der Waals surface area contributed by atoms with Crippen molar-refractivity contribution in [2.45, 2.75) is 19.8 Å². The molecular weight excluding hydrogens is 386 g/mol. The van der Waals surface area contributed by atoms with Crippen molar-refractivity contribution in [3.05, 3.63) is 90.0 Å². The zero-order chi connectivity index (χ0) is 21.6. The number of fused-ring (bicyclic) bond motifs is 2. The standard InChI is InChI=1S/C26H23N3O2/c1-2-7-25(30)28-21-14-12-18(13-15-21)26(31)29-27-17-24-22-10-5-3-8-19(22)16-20-9-4-6-11-23(20)24/h3-6,8-17H,2,7H2,1H3,(H,28,30)(H,29,31). The molecule has 0 aliphatic heterocycles. The maximum atomic E-state index is 12.5. The second kappa shape index (κ2) is 9.22. The lowest BCUT2D eigenvalue weighted by atomic mass is 9.97. The highest BCUT2D eigenvalue weighted by Crippen LogP contribution is 2.27. The van der Waals surface area contributed by atoms with Crippen molar-refractivity contribution >= 4 is 45.3 Å². The Hall–Kier alpha value is -3.99. The predicted octanol–water partition coefficient (Wildman–Crippen LogP) is 5.50. The minimum Gasteiger partial charge on any atom is -0.326 e. The topological polar surface area (TPSA) is 70.6 Å². The van der Waals surface area contributed by atoms with Gasteiger partial charge in [-0.3, -0.25) is 9.59 Å². The van der Waals surface area contributed by atoms with Crippen LogP contribution in [-0.2, 0) is 4.79 Å². The van der Waals surface area contributed by atoms with Gasteiger partial charge in [0, 0.05) is 23.2 Å². The molecule has 154 valence electrons. The first-order valence-corrected chi connectivity index (χ1v) is 10.3. The minimum atomic E-state index is -0.313. The molecule has 0 aliphatic rings. The van der Waals surface area contributed by atoms with Crippen LogP contribution in [-0.4, -0.2) is 18.0 Å². The number of anilines is 1. The maximum Gasteiger partial charge on any atom is 0.271 e. The van der Waals surface area contributed by atoms with Crippen molar-refractivity contribution in [2.75, 3.05) is 5.32 Å². The third-order valence-corrected chi connectivity index (χ3v) is 5.08. The summed E-state index contributed by atoms with van der Waals surface area (Å²) < 4.78 is 0. The third kappa shape index (κ3) is 4.61. The van der Waals surface area contributed by atoms with Crippen molar-refractivity contribution < 1.29 is 9.59 Å². The number of carbonyl (C=O) groups is 2. The highest BCUT2D eigenvalue weighted by atomic mass is 16.2. The van der Waals surface area contributed by atoms with E-state index in [0.717, 1.165) is 33.5 Å². The van der Waals surface area contributed by atoms with Crippen molar-refractivity contribution in [3.63, 3.8) is 0 Å². The van der Waals surface area contributed by atoms with Crippen LogP contribution in [0.2, 0.25) is 0 Å². The Bertz CT molecular complexity index is 1220. The van der Waals surface area contributed by atoms with Crippen LogP contribution in [0.4, 0.5) is 5.69 Å². The Balaban J connectivity index is 1.52. The molecule has 0 bridgehead atoms. The van der Waals surface area contributed by atoms with Crippen LogP contribution in [0.5, 0.6) is 0 Å². The van der Waals surface area contributed by atoms with Gasteiger partial charge in [-0.05, 0) is 58.3 Å². The molecule has 31 heavy (non-hydrogen) atoms. The minimum absolute atomic E-state index is 0.0355. The Kier molecular flexibility index (Phi) is 6.03. The number of benzene rings is 4. The highest BCUT2D eigenvalue weighted by Gasteiger charge is 2.08. The van der Waals surface area contributed by atoms with Gasteiger partial charge < -0.3 is 5.32 Å². The van der Waals surface area contributed by atoms with Gasteiger partial charge in [0.05, 0.1) is 6.21 Å². The molecule has 2 amide bonds. The lowest BCUT2D eigenvalue weighted by molar-refractivity contribution is -0.116. The van der Waals surface area contributed by atoms with E-state index in [9.17, 15) is 9.59 Å². The molecule has 4 aromatic carbocycles. The number of nitrogens with zero attached hydrogens (tertiary/aromatic N) is 1. The van der Waals surface area contributed by atoms with Gasteiger partial charge >= 0.3 is 0 Å². The van der Waals surface area contributed by atoms with Gasteiger partial charge in [0.15, 0.2) is 0 Å². The summed E-state index contributed by atoms with van der Waals surface area (Å²) in [6.07, 6.45) is 2.96. The molecule has 5 heteroatoms. The summed E-state index contributed by atoms with van der Waals surface area (Å²) in [7, 11) is 0. The molecule has 4 rings (SSSR count). The second-order valence-corrected chi connectivity index (χ2v) is 7.31. The van der Waals surface area contributed by atoms with E-state index < -0.39 is 0 Å². The van der Waals surface area contributed by atoms with Gasteiger partial charge in [0.1, 0.15) is 0 Å². The summed E-state index contributed by atoms with van der Waals surface area (Å²) in [6, 6.07) is 25.2. The smallest absolute Gasteiger partial charge is 0.271 e. The highest BCUT2D eigenvalue weighted by molar-refractivity contribution is 6.13. The van der Waals surface area contributed by atoms with Crippen LogP contribution >= 0.6 is 0 Å². The van der Waals surface area contributed by atoms with E-state index >= 15 is 0 Å². The van der Waals surface area contributed by atoms with Crippen LogP contribution in [0.15, 0.2) is 84.0 Å². The molecular formula is C26H23N3O2. The molecule has 0 saturated carbocycles. The summed E-state index contributed by atoms with van der Waals surface area (Å²) in [5.41, 5.74) is 4.70. The number of hydrogen-bond donors (Lipinski definition) is 2. The van der Waals surface area contributed by atoms with Crippen LogP contribution in [0.3, 0.4) is 0 Å². The number of hydrazone groups is 1. The Morgan fingerprint density at radius 3 is 2.10 bits per heavy atom. The second-order valence-electron chi connectivity index (χ2n) is 7.31.